The molecule has 0 atom stereocenters. The van der Waals surface area contributed by atoms with Crippen LogP contribution in [0.1, 0.15) is 43.7 Å². The smallest absolute Gasteiger partial charge is 0.226 e. The Bertz CT molecular complexity index is 1270. The van der Waals surface area contributed by atoms with Gasteiger partial charge in [-0.25, -0.2) is 0 Å². The molecule has 1 saturated heterocycles. The van der Waals surface area contributed by atoms with Gasteiger partial charge in [0.15, 0.2) is 0 Å². The van der Waals surface area contributed by atoms with Crippen LogP contribution in [0.4, 0.5) is 5.69 Å². The molecule has 2 aromatic carbocycles. The summed E-state index contributed by atoms with van der Waals surface area (Å²) in [6.45, 7) is 6.92. The maximum absolute atomic E-state index is 12.1. The molecule has 174 valence electrons. The van der Waals surface area contributed by atoms with E-state index in [1.165, 1.54) is 22.0 Å². The predicted octanol–water partition coefficient (Wildman–Crippen LogP) is 6.00. The van der Waals surface area contributed by atoms with Crippen molar-refractivity contribution in [3.8, 4) is 5.69 Å². The minimum atomic E-state index is -0.0180. The molecule has 4 aromatic rings. The summed E-state index contributed by atoms with van der Waals surface area (Å²) in [5.74, 6) is 0.579. The standard InChI is InChI=1S/C29H32N4O/c1-21(2)29(34)31-26-9-4-7-24(18-26)22-11-15-32(16-12-22)20-25-8-3-6-23-13-17-33(28(23)25)27-10-5-14-30-19-27/h3-10,13-14,17-19,21-22H,11-12,15-16,20H2,1-2H3,(H,31,34). The fourth-order valence-corrected chi connectivity index (χ4v) is 4.93. The van der Waals surface area contributed by atoms with Crippen molar-refractivity contribution >= 4 is 22.5 Å². The lowest BCUT2D eigenvalue weighted by atomic mass is 9.89. The number of likely N-dealkylation sites (tertiary alicyclic amines) is 1. The Morgan fingerprint density at radius 2 is 1.88 bits per heavy atom. The monoisotopic (exact) mass is 452 g/mol. The lowest BCUT2D eigenvalue weighted by Crippen LogP contribution is -2.32. The fourth-order valence-electron chi connectivity index (χ4n) is 4.93. The van der Waals surface area contributed by atoms with Gasteiger partial charge in [-0.1, -0.05) is 44.2 Å². The van der Waals surface area contributed by atoms with E-state index in [0.29, 0.717) is 5.92 Å². The highest BCUT2D eigenvalue weighted by molar-refractivity contribution is 5.92. The number of anilines is 1. The van der Waals surface area contributed by atoms with Gasteiger partial charge in [0.2, 0.25) is 5.91 Å². The van der Waals surface area contributed by atoms with Crippen molar-refractivity contribution in [1.29, 1.82) is 0 Å². The Labute approximate surface area is 201 Å². The quantitative estimate of drug-likeness (QED) is 0.390. The summed E-state index contributed by atoms with van der Waals surface area (Å²) >= 11 is 0. The summed E-state index contributed by atoms with van der Waals surface area (Å²) in [5, 5.41) is 4.30. The summed E-state index contributed by atoms with van der Waals surface area (Å²) in [6.07, 6.45) is 8.12. The van der Waals surface area contributed by atoms with Gasteiger partial charge in [0.05, 0.1) is 17.4 Å². The molecule has 34 heavy (non-hydrogen) atoms. The number of hydrogen-bond acceptors (Lipinski definition) is 3. The molecule has 2 aromatic heterocycles. The molecule has 5 heteroatoms. The number of nitrogens with zero attached hydrogens (tertiary/aromatic N) is 3. The highest BCUT2D eigenvalue weighted by Gasteiger charge is 2.22. The lowest BCUT2D eigenvalue weighted by Gasteiger charge is -2.32. The minimum absolute atomic E-state index is 0.0180. The third kappa shape index (κ3) is 4.75. The van der Waals surface area contributed by atoms with Gasteiger partial charge < -0.3 is 9.88 Å². The van der Waals surface area contributed by atoms with Crippen LogP contribution in [0.2, 0.25) is 0 Å². The highest BCUT2D eigenvalue weighted by Crippen LogP contribution is 2.31. The van der Waals surface area contributed by atoms with Crippen LogP contribution in [0.3, 0.4) is 0 Å². The molecule has 0 saturated carbocycles. The molecule has 0 bridgehead atoms. The van der Waals surface area contributed by atoms with Gasteiger partial charge >= 0.3 is 0 Å². The SMILES string of the molecule is CC(C)C(=O)Nc1cccc(C2CCN(Cc3cccc4ccn(-c5cccnc5)c34)CC2)c1. The number of para-hydroxylation sites is 1. The van der Waals surface area contributed by atoms with E-state index in [2.05, 4.69) is 74.5 Å². The van der Waals surface area contributed by atoms with E-state index in [1.54, 1.807) is 0 Å². The summed E-state index contributed by atoms with van der Waals surface area (Å²) < 4.78 is 2.25. The Kier molecular flexibility index (Phi) is 6.45. The number of rotatable bonds is 6. The van der Waals surface area contributed by atoms with E-state index < -0.39 is 0 Å². The molecule has 1 fully saturated rings. The largest absolute Gasteiger partial charge is 0.326 e. The van der Waals surface area contributed by atoms with Crippen molar-refractivity contribution in [3.63, 3.8) is 0 Å². The number of carbonyl (C=O) groups excluding carboxylic acids is 1. The van der Waals surface area contributed by atoms with Crippen molar-refractivity contribution < 1.29 is 4.79 Å². The predicted molar refractivity (Wildman–Crippen MR) is 138 cm³/mol. The van der Waals surface area contributed by atoms with Crippen LogP contribution in [0.25, 0.3) is 16.6 Å². The van der Waals surface area contributed by atoms with E-state index in [-0.39, 0.29) is 11.8 Å². The van der Waals surface area contributed by atoms with E-state index in [1.807, 2.05) is 38.4 Å². The molecule has 1 aliphatic rings. The van der Waals surface area contributed by atoms with Gasteiger partial charge in [-0.3, -0.25) is 14.7 Å². The summed E-state index contributed by atoms with van der Waals surface area (Å²) in [4.78, 5) is 19.0. The van der Waals surface area contributed by atoms with Crippen molar-refractivity contribution in [1.82, 2.24) is 14.5 Å². The van der Waals surface area contributed by atoms with Crippen molar-refractivity contribution in [2.24, 2.45) is 5.92 Å². The second-order valence-corrected chi connectivity index (χ2v) is 9.57. The van der Waals surface area contributed by atoms with Crippen LogP contribution in [0.5, 0.6) is 0 Å². The van der Waals surface area contributed by atoms with Gasteiger partial charge in [-0.15, -0.1) is 0 Å². The molecule has 5 nitrogen and oxygen atoms in total. The third-order valence-corrected chi connectivity index (χ3v) is 6.85. The van der Waals surface area contributed by atoms with Crippen molar-refractivity contribution in [3.05, 3.63) is 90.4 Å². The van der Waals surface area contributed by atoms with Gasteiger partial charge in [0.1, 0.15) is 0 Å². The van der Waals surface area contributed by atoms with E-state index in [9.17, 15) is 4.79 Å². The maximum Gasteiger partial charge on any atom is 0.226 e. The Morgan fingerprint density at radius 1 is 1.06 bits per heavy atom. The Balaban J connectivity index is 1.28. The molecular weight excluding hydrogens is 420 g/mol. The van der Waals surface area contributed by atoms with Crippen molar-refractivity contribution in [2.75, 3.05) is 18.4 Å². The van der Waals surface area contributed by atoms with Crippen LogP contribution in [0, 0.1) is 5.92 Å². The van der Waals surface area contributed by atoms with Gasteiger partial charge in [0.25, 0.3) is 0 Å². The first-order chi connectivity index (χ1) is 16.6. The van der Waals surface area contributed by atoms with Crippen LogP contribution in [0.15, 0.2) is 79.3 Å². The average Bonchev–Trinajstić information content (AvgIpc) is 3.30. The molecule has 0 spiro atoms. The number of benzene rings is 2. The number of nitrogens with one attached hydrogen (secondary N) is 1. The third-order valence-electron chi connectivity index (χ3n) is 6.85. The molecule has 1 amide bonds. The first-order valence-electron chi connectivity index (χ1n) is 12.2. The van der Waals surface area contributed by atoms with Crippen LogP contribution < -0.4 is 5.32 Å². The molecular formula is C29H32N4O. The second-order valence-electron chi connectivity index (χ2n) is 9.57. The zero-order valence-electron chi connectivity index (χ0n) is 19.9. The van der Waals surface area contributed by atoms with Gasteiger partial charge in [-0.05, 0) is 73.3 Å². The lowest BCUT2D eigenvalue weighted by molar-refractivity contribution is -0.118. The first kappa shape index (κ1) is 22.4. The topological polar surface area (TPSA) is 50.2 Å². The normalized spacial score (nSPS) is 15.1. The molecule has 1 N–H and O–H groups in total. The summed E-state index contributed by atoms with van der Waals surface area (Å²) in [7, 11) is 0. The molecule has 1 aliphatic heterocycles. The summed E-state index contributed by atoms with van der Waals surface area (Å²) in [5.41, 5.74) is 5.94. The summed E-state index contributed by atoms with van der Waals surface area (Å²) in [6, 6.07) is 21.3. The number of carbonyl (C=O) groups is 1. The minimum Gasteiger partial charge on any atom is -0.326 e. The Hall–Kier alpha value is -3.44. The van der Waals surface area contributed by atoms with Gasteiger partial charge in [0, 0.05) is 35.9 Å². The number of fused-ring (bicyclic) bond motifs is 1. The number of piperidine rings is 1. The zero-order valence-corrected chi connectivity index (χ0v) is 19.9. The van der Waals surface area contributed by atoms with Gasteiger partial charge in [-0.2, -0.15) is 0 Å². The highest BCUT2D eigenvalue weighted by atomic mass is 16.1. The molecule has 0 unspecified atom stereocenters. The van der Waals surface area contributed by atoms with E-state index in [0.717, 1.165) is 43.9 Å². The molecule has 5 rings (SSSR count). The first-order valence-corrected chi connectivity index (χ1v) is 12.2. The number of aromatic nitrogens is 2. The number of pyridine rings is 1. The van der Waals surface area contributed by atoms with Crippen LogP contribution >= 0.6 is 0 Å². The molecule has 0 radical (unpaired) electrons. The maximum atomic E-state index is 12.1. The number of hydrogen-bond donors (Lipinski definition) is 1. The van der Waals surface area contributed by atoms with Crippen LogP contribution in [-0.4, -0.2) is 33.4 Å². The van der Waals surface area contributed by atoms with E-state index in [4.69, 9.17) is 0 Å². The molecule has 0 aliphatic carbocycles. The Morgan fingerprint density at radius 3 is 2.65 bits per heavy atom. The average molecular weight is 453 g/mol. The zero-order chi connectivity index (χ0) is 23.5. The van der Waals surface area contributed by atoms with Crippen LogP contribution in [-0.2, 0) is 11.3 Å². The fraction of sp³-hybridized carbons (Fsp3) is 0.310. The second kappa shape index (κ2) is 9.82. The molecule has 3 heterocycles. The van der Waals surface area contributed by atoms with Crippen molar-refractivity contribution in [2.45, 2.75) is 39.2 Å². The van der Waals surface area contributed by atoms with E-state index >= 15 is 0 Å². The number of amides is 1.